The van der Waals surface area contributed by atoms with Gasteiger partial charge in [0.25, 0.3) is 0 Å². The van der Waals surface area contributed by atoms with Crippen molar-refractivity contribution < 1.29 is 33.0 Å². The van der Waals surface area contributed by atoms with Crippen LogP contribution in [0, 0.1) is 18.3 Å². The number of rotatable bonds is 4. The molecule has 0 radical (unpaired) electrons. The fourth-order valence-electron chi connectivity index (χ4n) is 3.62. The highest BCUT2D eigenvalue weighted by Crippen LogP contribution is 2.59. The van der Waals surface area contributed by atoms with Crippen LogP contribution >= 0.6 is 11.3 Å². The number of halogens is 3. The number of hydrogen-bond acceptors (Lipinski definition) is 5. The molecule has 10 heteroatoms. The predicted molar refractivity (Wildman–Crippen MR) is 85.4 cm³/mol. The van der Waals surface area contributed by atoms with Crippen LogP contribution in [0.1, 0.15) is 36.4 Å². The molecule has 26 heavy (non-hydrogen) atoms. The van der Waals surface area contributed by atoms with Crippen LogP contribution in [0.3, 0.4) is 0 Å². The summed E-state index contributed by atoms with van der Waals surface area (Å²) < 4.78 is 40.4. The van der Waals surface area contributed by atoms with Gasteiger partial charge in [0, 0.05) is 24.2 Å². The zero-order valence-electron chi connectivity index (χ0n) is 14.0. The molecule has 1 aromatic heterocycles. The van der Waals surface area contributed by atoms with Crippen molar-refractivity contribution in [3.05, 3.63) is 16.1 Å². The Bertz CT molecular complexity index is 727. The van der Waals surface area contributed by atoms with Gasteiger partial charge in [-0.25, -0.2) is 4.98 Å². The lowest BCUT2D eigenvalue weighted by atomic mass is 9.90. The number of alkyl halides is 3. The van der Waals surface area contributed by atoms with Gasteiger partial charge in [-0.2, -0.15) is 13.2 Å². The number of aromatic nitrogens is 1. The quantitative estimate of drug-likeness (QED) is 0.821. The zero-order chi connectivity index (χ0) is 19.3. The van der Waals surface area contributed by atoms with Crippen LogP contribution in [0.25, 0.3) is 0 Å². The summed E-state index contributed by atoms with van der Waals surface area (Å²) in [6.07, 6.45) is -4.70. The van der Waals surface area contributed by atoms with Crippen LogP contribution in [-0.2, 0) is 15.2 Å². The first-order valence-corrected chi connectivity index (χ1v) is 9.09. The van der Waals surface area contributed by atoms with Crippen molar-refractivity contribution in [3.8, 4) is 0 Å². The minimum Gasteiger partial charge on any atom is -0.481 e. The molecule has 2 aliphatic rings. The molecule has 1 amide bonds. The number of carbonyl (C=O) groups excluding carboxylic acids is 1. The molecular formula is C16H19F3N2O4S. The van der Waals surface area contributed by atoms with E-state index in [0.717, 1.165) is 0 Å². The van der Waals surface area contributed by atoms with Crippen LogP contribution < -0.4 is 0 Å². The second kappa shape index (κ2) is 6.19. The average Bonchev–Trinajstić information content (AvgIpc) is 3.06. The van der Waals surface area contributed by atoms with Gasteiger partial charge < -0.3 is 15.1 Å². The second-order valence-corrected chi connectivity index (χ2v) is 8.03. The smallest absolute Gasteiger partial charge is 0.424 e. The SMILES string of the molecule is Cc1csc(C(O)(CC(=O)N2CCC3(CC2)CC3C(=O)O)C(F)(F)F)n1. The maximum Gasteiger partial charge on any atom is 0.424 e. The summed E-state index contributed by atoms with van der Waals surface area (Å²) in [5.41, 5.74) is -3.30. The number of aryl methyl sites for hydroxylation is 1. The molecule has 1 saturated heterocycles. The number of carboxylic acids is 1. The van der Waals surface area contributed by atoms with E-state index in [0.29, 0.717) is 36.3 Å². The summed E-state index contributed by atoms with van der Waals surface area (Å²) in [5, 5.41) is 20.2. The van der Waals surface area contributed by atoms with E-state index in [-0.39, 0.29) is 18.5 Å². The first-order valence-electron chi connectivity index (χ1n) is 8.21. The summed E-state index contributed by atoms with van der Waals surface area (Å²) in [7, 11) is 0. The topological polar surface area (TPSA) is 90.7 Å². The molecule has 2 heterocycles. The molecule has 6 nitrogen and oxygen atoms in total. The van der Waals surface area contributed by atoms with E-state index < -0.39 is 41.0 Å². The van der Waals surface area contributed by atoms with Crippen molar-refractivity contribution in [3.63, 3.8) is 0 Å². The van der Waals surface area contributed by atoms with Crippen molar-refractivity contribution in [1.29, 1.82) is 0 Å². The zero-order valence-corrected chi connectivity index (χ0v) is 14.9. The molecule has 2 atom stereocenters. The average molecular weight is 392 g/mol. The molecule has 1 aliphatic heterocycles. The van der Waals surface area contributed by atoms with Crippen molar-refractivity contribution in [1.82, 2.24) is 9.88 Å². The fourth-order valence-corrected chi connectivity index (χ4v) is 4.54. The second-order valence-electron chi connectivity index (χ2n) is 7.17. The van der Waals surface area contributed by atoms with Gasteiger partial charge in [0.2, 0.25) is 11.5 Å². The number of likely N-dealkylation sites (tertiary alicyclic amines) is 1. The Morgan fingerprint density at radius 2 is 2.00 bits per heavy atom. The third-order valence-electron chi connectivity index (χ3n) is 5.45. The number of amides is 1. The molecule has 1 aliphatic carbocycles. The molecule has 2 fully saturated rings. The molecule has 0 bridgehead atoms. The maximum absolute atomic E-state index is 13.5. The number of aliphatic carboxylic acids is 1. The summed E-state index contributed by atoms with van der Waals surface area (Å²) >= 11 is 0.668. The van der Waals surface area contributed by atoms with Crippen LogP contribution in [-0.4, -0.2) is 51.2 Å². The Balaban J connectivity index is 1.69. The van der Waals surface area contributed by atoms with E-state index in [1.807, 2.05) is 0 Å². The van der Waals surface area contributed by atoms with Gasteiger partial charge in [-0.1, -0.05) is 0 Å². The van der Waals surface area contributed by atoms with Gasteiger partial charge >= 0.3 is 12.1 Å². The van der Waals surface area contributed by atoms with Crippen molar-refractivity contribution >= 4 is 23.2 Å². The highest BCUT2D eigenvalue weighted by atomic mass is 32.1. The van der Waals surface area contributed by atoms with E-state index in [1.165, 1.54) is 17.2 Å². The first-order chi connectivity index (χ1) is 12.0. The van der Waals surface area contributed by atoms with Gasteiger partial charge in [-0.15, -0.1) is 11.3 Å². The molecule has 1 spiro atoms. The van der Waals surface area contributed by atoms with Crippen molar-refractivity contribution in [2.75, 3.05) is 13.1 Å². The standard InChI is InChI=1S/C16H19F3N2O4S/c1-9-8-26-13(20-9)15(25,16(17,18)19)7-11(22)21-4-2-14(3-5-21)6-10(14)12(23)24/h8,10,25H,2-7H2,1H3,(H,23,24). The first kappa shape index (κ1) is 19.1. The highest BCUT2D eigenvalue weighted by molar-refractivity contribution is 7.09. The molecule has 144 valence electrons. The number of aliphatic hydroxyl groups is 1. The lowest BCUT2D eigenvalue weighted by Crippen LogP contribution is -2.48. The van der Waals surface area contributed by atoms with Crippen molar-refractivity contribution in [2.45, 2.75) is 44.4 Å². The van der Waals surface area contributed by atoms with Gasteiger partial charge in [-0.3, -0.25) is 9.59 Å². The lowest BCUT2D eigenvalue weighted by molar-refractivity contribution is -0.268. The third-order valence-corrected chi connectivity index (χ3v) is 6.56. The number of thiazole rings is 1. The number of piperidine rings is 1. The lowest BCUT2D eigenvalue weighted by Gasteiger charge is -2.35. The van der Waals surface area contributed by atoms with E-state index in [1.54, 1.807) is 0 Å². The summed E-state index contributed by atoms with van der Waals surface area (Å²) in [4.78, 5) is 28.5. The molecule has 2 N–H and O–H groups in total. The highest BCUT2D eigenvalue weighted by Gasteiger charge is 2.61. The van der Waals surface area contributed by atoms with E-state index >= 15 is 0 Å². The summed E-state index contributed by atoms with van der Waals surface area (Å²) in [5.74, 6) is -2.10. The third kappa shape index (κ3) is 3.20. The minimum atomic E-state index is -5.03. The van der Waals surface area contributed by atoms with Crippen LogP contribution in [0.5, 0.6) is 0 Å². The van der Waals surface area contributed by atoms with Gasteiger partial charge in [0.05, 0.1) is 12.3 Å². The Morgan fingerprint density at radius 3 is 2.42 bits per heavy atom. The summed E-state index contributed by atoms with van der Waals surface area (Å²) in [6, 6.07) is 0. The summed E-state index contributed by atoms with van der Waals surface area (Å²) in [6.45, 7) is 1.91. The number of nitrogens with zero attached hydrogens (tertiary/aromatic N) is 2. The molecule has 1 aromatic rings. The van der Waals surface area contributed by atoms with Crippen molar-refractivity contribution in [2.24, 2.45) is 11.3 Å². The number of hydrogen-bond donors (Lipinski definition) is 2. The fraction of sp³-hybridized carbons (Fsp3) is 0.688. The molecular weight excluding hydrogens is 373 g/mol. The Labute approximate surface area is 151 Å². The van der Waals surface area contributed by atoms with Gasteiger partial charge in [0.1, 0.15) is 5.01 Å². The molecule has 1 saturated carbocycles. The molecule has 0 aromatic carbocycles. The normalized spacial score (nSPS) is 24.3. The van der Waals surface area contributed by atoms with E-state index in [2.05, 4.69) is 4.98 Å². The molecule has 2 unspecified atom stereocenters. The number of carbonyl (C=O) groups is 2. The van der Waals surface area contributed by atoms with Crippen LogP contribution in [0.4, 0.5) is 13.2 Å². The Morgan fingerprint density at radius 1 is 1.38 bits per heavy atom. The maximum atomic E-state index is 13.5. The monoisotopic (exact) mass is 392 g/mol. The van der Waals surface area contributed by atoms with Gasteiger partial charge in [-0.05, 0) is 31.6 Å². The Kier molecular flexibility index (Phi) is 4.55. The van der Waals surface area contributed by atoms with Crippen LogP contribution in [0.15, 0.2) is 5.38 Å². The molecule has 3 rings (SSSR count). The number of carboxylic acid groups (broad SMARTS) is 1. The Hall–Kier alpha value is -1.68. The van der Waals surface area contributed by atoms with Gasteiger partial charge in [0.15, 0.2) is 0 Å². The minimum absolute atomic E-state index is 0.202. The largest absolute Gasteiger partial charge is 0.481 e. The predicted octanol–water partition coefficient (Wildman–Crippen LogP) is 2.30. The van der Waals surface area contributed by atoms with Crippen LogP contribution in [0.2, 0.25) is 0 Å². The van der Waals surface area contributed by atoms with E-state index in [4.69, 9.17) is 5.11 Å². The van der Waals surface area contributed by atoms with E-state index in [9.17, 15) is 27.9 Å².